The summed E-state index contributed by atoms with van der Waals surface area (Å²) in [5, 5.41) is 15.1. The SMILES string of the molecule is CCOC(=O)C(CCc1ccccc1)NC1CSC(c2cccc3ccccc23)CN(C(C)C(=O)O)C1=O. The first-order chi connectivity index (χ1) is 18.4. The first kappa shape index (κ1) is 27.7. The summed E-state index contributed by atoms with van der Waals surface area (Å²) in [6.45, 7) is 3.79. The fraction of sp³-hybridized carbons (Fsp3) is 0.367. The molecule has 1 aliphatic heterocycles. The third-order valence-electron chi connectivity index (χ3n) is 6.94. The van der Waals surface area contributed by atoms with Crippen LogP contribution in [0.4, 0.5) is 0 Å². The summed E-state index contributed by atoms with van der Waals surface area (Å²) >= 11 is 1.61. The molecule has 0 radical (unpaired) electrons. The lowest BCUT2D eigenvalue weighted by atomic mass is 10.0. The average molecular weight is 535 g/mol. The van der Waals surface area contributed by atoms with E-state index in [1.807, 2.05) is 66.7 Å². The van der Waals surface area contributed by atoms with E-state index >= 15 is 0 Å². The van der Waals surface area contributed by atoms with E-state index in [0.29, 0.717) is 18.6 Å². The smallest absolute Gasteiger partial charge is 0.326 e. The normalized spacial score (nSPS) is 19.5. The number of aryl methyl sites for hydroxylation is 1. The molecule has 7 nitrogen and oxygen atoms in total. The highest BCUT2D eigenvalue weighted by molar-refractivity contribution is 7.99. The van der Waals surface area contributed by atoms with Gasteiger partial charge in [0.15, 0.2) is 0 Å². The molecule has 8 heteroatoms. The Hall–Kier alpha value is -3.36. The Morgan fingerprint density at radius 2 is 1.79 bits per heavy atom. The van der Waals surface area contributed by atoms with Gasteiger partial charge in [0.05, 0.1) is 12.6 Å². The highest BCUT2D eigenvalue weighted by Gasteiger charge is 2.38. The number of thioether (sulfide) groups is 1. The van der Waals surface area contributed by atoms with Crippen LogP contribution in [0.1, 0.15) is 36.6 Å². The van der Waals surface area contributed by atoms with Crippen molar-refractivity contribution in [2.24, 2.45) is 0 Å². The Balaban J connectivity index is 1.61. The summed E-state index contributed by atoms with van der Waals surface area (Å²) in [7, 11) is 0. The number of benzene rings is 3. The number of hydrogen-bond acceptors (Lipinski definition) is 6. The molecule has 4 rings (SSSR count). The Kier molecular flexibility index (Phi) is 9.42. The maximum Gasteiger partial charge on any atom is 0.326 e. The van der Waals surface area contributed by atoms with Crippen LogP contribution in [0.15, 0.2) is 72.8 Å². The topological polar surface area (TPSA) is 95.9 Å². The number of carbonyl (C=O) groups excluding carboxylic acids is 2. The second-order valence-corrected chi connectivity index (χ2v) is 10.7. The Morgan fingerprint density at radius 1 is 1.08 bits per heavy atom. The van der Waals surface area contributed by atoms with E-state index in [9.17, 15) is 19.5 Å². The van der Waals surface area contributed by atoms with Crippen molar-refractivity contribution >= 4 is 40.4 Å². The zero-order chi connectivity index (χ0) is 27.1. The number of carboxylic acid groups (broad SMARTS) is 1. The van der Waals surface area contributed by atoms with Gasteiger partial charge in [-0.25, -0.2) is 4.79 Å². The van der Waals surface area contributed by atoms with E-state index in [0.717, 1.165) is 21.9 Å². The van der Waals surface area contributed by atoms with Crippen molar-refractivity contribution in [2.45, 2.75) is 50.1 Å². The lowest BCUT2D eigenvalue weighted by Gasteiger charge is -2.30. The molecule has 0 spiro atoms. The quantitative estimate of drug-likeness (QED) is 0.371. The summed E-state index contributed by atoms with van der Waals surface area (Å²) < 4.78 is 5.32. The van der Waals surface area contributed by atoms with Crippen LogP contribution in [0.3, 0.4) is 0 Å². The maximum absolute atomic E-state index is 13.8. The van der Waals surface area contributed by atoms with Crippen LogP contribution >= 0.6 is 11.8 Å². The molecule has 3 aromatic carbocycles. The Labute approximate surface area is 227 Å². The molecule has 1 fully saturated rings. The van der Waals surface area contributed by atoms with Crippen LogP contribution in [0.2, 0.25) is 0 Å². The van der Waals surface area contributed by atoms with E-state index < -0.39 is 30.1 Å². The van der Waals surface area contributed by atoms with Crippen molar-refractivity contribution in [3.63, 3.8) is 0 Å². The van der Waals surface area contributed by atoms with Crippen molar-refractivity contribution < 1.29 is 24.2 Å². The molecule has 4 unspecified atom stereocenters. The molecule has 0 bridgehead atoms. The predicted octanol–water partition coefficient (Wildman–Crippen LogP) is 4.45. The summed E-state index contributed by atoms with van der Waals surface area (Å²) in [6, 6.07) is 21.6. The third-order valence-corrected chi connectivity index (χ3v) is 8.27. The lowest BCUT2D eigenvalue weighted by molar-refractivity contribution is -0.151. The van der Waals surface area contributed by atoms with Crippen molar-refractivity contribution in [1.82, 2.24) is 10.2 Å². The highest BCUT2D eigenvalue weighted by atomic mass is 32.2. The number of amides is 1. The van der Waals surface area contributed by atoms with E-state index in [2.05, 4.69) is 11.4 Å². The molecule has 3 aromatic rings. The number of ether oxygens (including phenoxy) is 1. The molecule has 38 heavy (non-hydrogen) atoms. The van der Waals surface area contributed by atoms with E-state index in [1.165, 1.54) is 11.8 Å². The fourth-order valence-corrected chi connectivity index (χ4v) is 6.15. The molecule has 1 heterocycles. The standard InChI is InChI=1S/C30H34N2O5S/c1-3-37-30(36)25(17-16-21-10-5-4-6-11-21)31-26-19-38-27(18-32(28(26)33)20(2)29(34)35)24-15-9-13-22-12-7-8-14-23(22)24/h4-15,20,25-27,31H,3,16-19H2,1-2H3,(H,34,35). The van der Waals surface area contributed by atoms with Crippen LogP contribution in [0, 0.1) is 0 Å². The molecule has 1 amide bonds. The molecule has 2 N–H and O–H groups in total. The van der Waals surface area contributed by atoms with Crippen LogP contribution in [0.5, 0.6) is 0 Å². The van der Waals surface area contributed by atoms with Gasteiger partial charge in [-0.3, -0.25) is 14.9 Å². The molecule has 0 aromatic heterocycles. The molecule has 0 saturated carbocycles. The van der Waals surface area contributed by atoms with Crippen molar-refractivity contribution in [3.8, 4) is 0 Å². The first-order valence-corrected chi connectivity index (χ1v) is 14.0. The molecule has 1 saturated heterocycles. The molecule has 4 atom stereocenters. The molecule has 200 valence electrons. The number of aliphatic carboxylic acids is 1. The predicted molar refractivity (Wildman–Crippen MR) is 150 cm³/mol. The molecule has 0 aliphatic carbocycles. The van der Waals surface area contributed by atoms with Gasteiger partial charge in [0.2, 0.25) is 5.91 Å². The summed E-state index contributed by atoms with van der Waals surface area (Å²) in [6.07, 6.45) is 1.10. The Bertz CT molecular complexity index is 1260. The van der Waals surface area contributed by atoms with E-state index in [1.54, 1.807) is 18.7 Å². The number of esters is 1. The number of nitrogens with one attached hydrogen (secondary N) is 1. The van der Waals surface area contributed by atoms with Gasteiger partial charge in [-0.05, 0) is 48.6 Å². The van der Waals surface area contributed by atoms with Gasteiger partial charge in [0.1, 0.15) is 12.1 Å². The maximum atomic E-state index is 13.8. The number of hydrogen-bond donors (Lipinski definition) is 2. The van der Waals surface area contributed by atoms with Gasteiger partial charge in [0.25, 0.3) is 0 Å². The van der Waals surface area contributed by atoms with Crippen LogP contribution in [-0.2, 0) is 25.5 Å². The van der Waals surface area contributed by atoms with Gasteiger partial charge in [-0.15, -0.1) is 11.8 Å². The van der Waals surface area contributed by atoms with Crippen molar-refractivity contribution in [1.29, 1.82) is 0 Å². The summed E-state index contributed by atoms with van der Waals surface area (Å²) in [4.78, 5) is 40.1. The minimum Gasteiger partial charge on any atom is -0.480 e. The monoisotopic (exact) mass is 534 g/mol. The van der Waals surface area contributed by atoms with Crippen LogP contribution < -0.4 is 5.32 Å². The minimum absolute atomic E-state index is 0.121. The van der Waals surface area contributed by atoms with Crippen molar-refractivity contribution in [3.05, 3.63) is 83.9 Å². The third kappa shape index (κ3) is 6.55. The number of nitrogens with zero attached hydrogens (tertiary/aromatic N) is 1. The molecule has 1 aliphatic rings. The largest absolute Gasteiger partial charge is 0.480 e. The van der Waals surface area contributed by atoms with Gasteiger partial charge in [-0.2, -0.15) is 0 Å². The zero-order valence-electron chi connectivity index (χ0n) is 21.7. The summed E-state index contributed by atoms with van der Waals surface area (Å²) in [5.41, 5.74) is 2.15. The van der Waals surface area contributed by atoms with Gasteiger partial charge in [-0.1, -0.05) is 72.8 Å². The zero-order valence-corrected chi connectivity index (χ0v) is 22.5. The highest BCUT2D eigenvalue weighted by Crippen LogP contribution is 2.37. The second-order valence-electron chi connectivity index (χ2n) is 9.44. The van der Waals surface area contributed by atoms with Gasteiger partial charge >= 0.3 is 11.9 Å². The average Bonchev–Trinajstić information content (AvgIpc) is 3.09. The summed E-state index contributed by atoms with van der Waals surface area (Å²) in [5.74, 6) is -1.39. The molecular weight excluding hydrogens is 500 g/mol. The lowest BCUT2D eigenvalue weighted by Crippen LogP contribution is -2.55. The number of rotatable bonds is 10. The first-order valence-electron chi connectivity index (χ1n) is 13.0. The van der Waals surface area contributed by atoms with Crippen LogP contribution in [-0.4, -0.2) is 64.9 Å². The van der Waals surface area contributed by atoms with Gasteiger partial charge in [0, 0.05) is 17.5 Å². The van der Waals surface area contributed by atoms with Gasteiger partial charge < -0.3 is 14.7 Å². The Morgan fingerprint density at radius 3 is 2.53 bits per heavy atom. The molecular formula is C30H34N2O5S. The number of carbonyl (C=O) groups is 3. The second kappa shape index (κ2) is 12.9. The number of fused-ring (bicyclic) bond motifs is 1. The fourth-order valence-electron chi connectivity index (χ4n) is 4.84. The minimum atomic E-state index is -1.06. The van der Waals surface area contributed by atoms with E-state index in [4.69, 9.17) is 4.74 Å². The van der Waals surface area contributed by atoms with E-state index in [-0.39, 0.29) is 24.3 Å². The number of carboxylic acids is 1. The van der Waals surface area contributed by atoms with Crippen molar-refractivity contribution in [2.75, 3.05) is 18.9 Å². The van der Waals surface area contributed by atoms with Crippen LogP contribution in [0.25, 0.3) is 10.8 Å².